The fraction of sp³-hybridized carbons (Fsp3) is 0.273. The Labute approximate surface area is 163 Å². The molecule has 2 amide bonds. The second-order valence-corrected chi connectivity index (χ2v) is 6.66. The van der Waals surface area contributed by atoms with E-state index in [-0.39, 0.29) is 17.6 Å². The summed E-state index contributed by atoms with van der Waals surface area (Å²) in [7, 11) is 0. The topological polar surface area (TPSA) is 58.6 Å². The summed E-state index contributed by atoms with van der Waals surface area (Å²) in [4.78, 5) is 26.4. The normalized spacial score (nSPS) is 16.0. The van der Waals surface area contributed by atoms with E-state index in [1.165, 1.54) is 18.2 Å². The summed E-state index contributed by atoms with van der Waals surface area (Å²) < 4.78 is 18.6. The van der Waals surface area contributed by atoms with Crippen molar-refractivity contribution < 1.29 is 18.7 Å². The number of ether oxygens (including phenoxy) is 1. The molecular formula is C22H23FN2O3. The molecule has 0 bridgehead atoms. The molecular weight excluding hydrogens is 359 g/mol. The summed E-state index contributed by atoms with van der Waals surface area (Å²) in [5, 5.41) is 2.78. The number of benzene rings is 2. The van der Waals surface area contributed by atoms with Crippen LogP contribution in [0.4, 0.5) is 15.8 Å². The van der Waals surface area contributed by atoms with Gasteiger partial charge in [0.15, 0.2) is 6.10 Å². The first-order valence-corrected chi connectivity index (χ1v) is 9.34. The van der Waals surface area contributed by atoms with E-state index < -0.39 is 6.10 Å². The lowest BCUT2D eigenvalue weighted by Gasteiger charge is -2.33. The Hall–Kier alpha value is -3.15. The van der Waals surface area contributed by atoms with E-state index in [0.29, 0.717) is 23.7 Å². The molecule has 1 unspecified atom stereocenters. The predicted octanol–water partition coefficient (Wildman–Crippen LogP) is 4.39. The molecule has 0 saturated carbocycles. The van der Waals surface area contributed by atoms with Gasteiger partial charge < -0.3 is 15.0 Å². The van der Waals surface area contributed by atoms with E-state index in [0.717, 1.165) is 18.4 Å². The van der Waals surface area contributed by atoms with Crippen LogP contribution in [-0.2, 0) is 9.59 Å². The van der Waals surface area contributed by atoms with Crippen LogP contribution in [0, 0.1) is 5.82 Å². The predicted molar refractivity (Wildman–Crippen MR) is 108 cm³/mol. The number of unbranched alkanes of at least 4 members (excludes halogenated alkanes) is 1. The van der Waals surface area contributed by atoms with E-state index in [9.17, 15) is 14.0 Å². The first-order valence-electron chi connectivity index (χ1n) is 9.34. The summed E-state index contributed by atoms with van der Waals surface area (Å²) in [6, 6.07) is 11.1. The Balaban J connectivity index is 1.75. The van der Waals surface area contributed by atoms with Gasteiger partial charge in [-0.15, -0.1) is 0 Å². The highest BCUT2D eigenvalue weighted by atomic mass is 19.1. The molecule has 0 saturated heterocycles. The Morgan fingerprint density at radius 3 is 2.71 bits per heavy atom. The lowest BCUT2D eigenvalue weighted by molar-refractivity contribution is -0.125. The zero-order valence-corrected chi connectivity index (χ0v) is 15.9. The van der Waals surface area contributed by atoms with Crippen molar-refractivity contribution in [1.29, 1.82) is 0 Å². The molecule has 1 heterocycles. The van der Waals surface area contributed by atoms with Crippen LogP contribution in [0.2, 0.25) is 0 Å². The molecule has 28 heavy (non-hydrogen) atoms. The average molecular weight is 382 g/mol. The molecule has 0 aliphatic carbocycles. The second-order valence-electron chi connectivity index (χ2n) is 6.66. The van der Waals surface area contributed by atoms with Gasteiger partial charge in [-0.2, -0.15) is 0 Å². The van der Waals surface area contributed by atoms with Crippen molar-refractivity contribution in [3.63, 3.8) is 0 Å². The van der Waals surface area contributed by atoms with Crippen LogP contribution in [0.25, 0.3) is 6.08 Å². The number of amides is 2. The molecule has 2 aromatic carbocycles. The van der Waals surface area contributed by atoms with Gasteiger partial charge in [-0.1, -0.05) is 25.5 Å². The molecule has 3 rings (SSSR count). The average Bonchev–Trinajstić information content (AvgIpc) is 2.68. The Morgan fingerprint density at radius 1 is 1.25 bits per heavy atom. The van der Waals surface area contributed by atoms with Gasteiger partial charge in [-0.25, -0.2) is 4.39 Å². The maximum Gasteiger partial charge on any atom is 0.267 e. The zero-order chi connectivity index (χ0) is 20.1. The molecule has 2 aromatic rings. The molecule has 6 heteroatoms. The third-order valence-corrected chi connectivity index (χ3v) is 4.47. The van der Waals surface area contributed by atoms with E-state index in [4.69, 9.17) is 4.74 Å². The highest BCUT2D eigenvalue weighted by molar-refractivity contribution is 6.04. The minimum atomic E-state index is -0.525. The molecule has 1 atom stereocenters. The van der Waals surface area contributed by atoms with Crippen molar-refractivity contribution in [3.8, 4) is 5.75 Å². The first kappa shape index (κ1) is 19.6. The quantitative estimate of drug-likeness (QED) is 0.754. The van der Waals surface area contributed by atoms with Gasteiger partial charge in [0.1, 0.15) is 11.6 Å². The lowest BCUT2D eigenvalue weighted by Crippen LogP contribution is -2.44. The minimum absolute atomic E-state index is 0.0827. The van der Waals surface area contributed by atoms with Gasteiger partial charge in [0, 0.05) is 18.3 Å². The number of hydrogen-bond acceptors (Lipinski definition) is 3. The van der Waals surface area contributed by atoms with Crippen LogP contribution in [0.1, 0.15) is 32.3 Å². The zero-order valence-electron chi connectivity index (χ0n) is 15.9. The molecule has 0 spiro atoms. The van der Waals surface area contributed by atoms with Crippen LogP contribution in [0.3, 0.4) is 0 Å². The number of carbonyl (C=O) groups excluding carboxylic acids is 2. The fourth-order valence-electron chi connectivity index (χ4n) is 2.96. The van der Waals surface area contributed by atoms with E-state index in [1.54, 1.807) is 48.2 Å². The number of anilines is 2. The molecule has 1 N–H and O–H groups in total. The monoisotopic (exact) mass is 382 g/mol. The summed E-state index contributed by atoms with van der Waals surface area (Å²) in [6.07, 6.45) is 4.32. The van der Waals surface area contributed by atoms with Crippen molar-refractivity contribution in [3.05, 3.63) is 59.9 Å². The molecule has 1 aliphatic rings. The van der Waals surface area contributed by atoms with Crippen molar-refractivity contribution in [2.45, 2.75) is 32.8 Å². The standard InChI is InChI=1S/C22H23FN2O3/c1-3-4-13-25-19-14-18(10-11-20(19)28-15(2)22(25)27)24-21(26)12-7-16-5-8-17(23)9-6-16/h5-12,14-15H,3-4,13H2,1-2H3,(H,24,26)/b12-7+. The highest BCUT2D eigenvalue weighted by Crippen LogP contribution is 2.36. The van der Waals surface area contributed by atoms with Gasteiger partial charge in [-0.05, 0) is 55.3 Å². The SMILES string of the molecule is CCCCN1C(=O)C(C)Oc2ccc(NC(=O)/C=C/c3ccc(F)cc3)cc21. The maximum atomic E-state index is 12.9. The van der Waals surface area contributed by atoms with Crippen LogP contribution >= 0.6 is 0 Å². The fourth-order valence-corrected chi connectivity index (χ4v) is 2.96. The van der Waals surface area contributed by atoms with Crippen molar-refractivity contribution in [1.82, 2.24) is 0 Å². The molecule has 1 aliphatic heterocycles. The Morgan fingerprint density at radius 2 is 2.00 bits per heavy atom. The van der Waals surface area contributed by atoms with Gasteiger partial charge in [0.2, 0.25) is 5.91 Å². The van der Waals surface area contributed by atoms with Crippen LogP contribution in [-0.4, -0.2) is 24.5 Å². The lowest BCUT2D eigenvalue weighted by atomic mass is 10.1. The third-order valence-electron chi connectivity index (χ3n) is 4.47. The van der Waals surface area contributed by atoms with Crippen molar-refractivity contribution in [2.75, 3.05) is 16.8 Å². The molecule has 0 aromatic heterocycles. The first-order chi connectivity index (χ1) is 13.5. The van der Waals surface area contributed by atoms with Gasteiger partial charge >= 0.3 is 0 Å². The van der Waals surface area contributed by atoms with Crippen LogP contribution in [0.15, 0.2) is 48.5 Å². The molecule has 0 radical (unpaired) electrons. The van der Waals surface area contributed by atoms with E-state index >= 15 is 0 Å². The Bertz CT molecular complexity index is 893. The molecule has 146 valence electrons. The summed E-state index contributed by atoms with van der Waals surface area (Å²) >= 11 is 0. The summed E-state index contributed by atoms with van der Waals surface area (Å²) in [5.74, 6) is -0.0983. The number of carbonyl (C=O) groups is 2. The number of nitrogens with one attached hydrogen (secondary N) is 1. The largest absolute Gasteiger partial charge is 0.479 e. The third kappa shape index (κ3) is 4.57. The van der Waals surface area contributed by atoms with Gasteiger partial charge in [0.25, 0.3) is 5.91 Å². The van der Waals surface area contributed by atoms with E-state index in [2.05, 4.69) is 12.2 Å². The van der Waals surface area contributed by atoms with Crippen molar-refractivity contribution >= 4 is 29.3 Å². The molecule has 5 nitrogen and oxygen atoms in total. The van der Waals surface area contributed by atoms with Gasteiger partial charge in [0.05, 0.1) is 5.69 Å². The van der Waals surface area contributed by atoms with Crippen LogP contribution < -0.4 is 15.0 Å². The minimum Gasteiger partial charge on any atom is -0.479 e. The number of nitrogens with zero attached hydrogens (tertiary/aromatic N) is 1. The summed E-state index contributed by atoms with van der Waals surface area (Å²) in [6.45, 7) is 4.41. The number of fused-ring (bicyclic) bond motifs is 1. The maximum absolute atomic E-state index is 12.9. The van der Waals surface area contributed by atoms with E-state index in [1.807, 2.05) is 0 Å². The Kier molecular flexibility index (Phi) is 6.09. The smallest absolute Gasteiger partial charge is 0.267 e. The number of halogens is 1. The number of hydrogen-bond donors (Lipinski definition) is 1. The van der Waals surface area contributed by atoms with Gasteiger partial charge in [-0.3, -0.25) is 9.59 Å². The van der Waals surface area contributed by atoms with Crippen molar-refractivity contribution in [2.24, 2.45) is 0 Å². The van der Waals surface area contributed by atoms with Crippen LogP contribution in [0.5, 0.6) is 5.75 Å². The molecule has 0 fully saturated rings. The summed E-state index contributed by atoms with van der Waals surface area (Å²) in [5.41, 5.74) is 1.96. The number of rotatable bonds is 6. The second kappa shape index (κ2) is 8.69. The highest BCUT2D eigenvalue weighted by Gasteiger charge is 2.31.